The highest BCUT2D eigenvalue weighted by atomic mass is 32.2. The van der Waals surface area contributed by atoms with Crippen LogP contribution in [0.2, 0.25) is 0 Å². The third-order valence-corrected chi connectivity index (χ3v) is 18.0. The van der Waals surface area contributed by atoms with Gasteiger partial charge in [0, 0.05) is 69.2 Å². The zero-order valence-electron chi connectivity index (χ0n) is 40.8. The number of fused-ring (bicyclic) bond motifs is 3. The third-order valence-electron chi connectivity index (χ3n) is 16.7. The summed E-state index contributed by atoms with van der Waals surface area (Å²) in [5.74, 6) is -1.16. The van der Waals surface area contributed by atoms with E-state index in [1.165, 1.54) is 29.5 Å². The van der Waals surface area contributed by atoms with E-state index >= 15 is 4.39 Å². The van der Waals surface area contributed by atoms with Crippen molar-refractivity contribution in [3.63, 3.8) is 0 Å². The summed E-state index contributed by atoms with van der Waals surface area (Å²) in [4.78, 5) is 40.4. The number of pyridine rings is 1. The number of halogens is 1. The van der Waals surface area contributed by atoms with Crippen LogP contribution in [0.1, 0.15) is 92.2 Å². The maximum atomic E-state index is 15.4. The van der Waals surface area contributed by atoms with Gasteiger partial charge in [-0.3, -0.25) is 19.8 Å². The fourth-order valence-electron chi connectivity index (χ4n) is 12.3. The molecule has 0 unspecified atom stereocenters. The van der Waals surface area contributed by atoms with E-state index in [2.05, 4.69) is 56.0 Å². The van der Waals surface area contributed by atoms with Gasteiger partial charge in [0.1, 0.15) is 28.9 Å². The number of H-pyrrole nitrogens is 1. The number of nitrogens with one attached hydrogen (secondary N) is 3. The molecule has 3 atom stereocenters. The topological polar surface area (TPSA) is 205 Å². The Bertz CT molecular complexity index is 2980. The molecule has 2 aromatic heterocycles. The van der Waals surface area contributed by atoms with Gasteiger partial charge in [-0.2, -0.15) is 4.98 Å². The molecule has 382 valence electrons. The van der Waals surface area contributed by atoms with Crippen molar-refractivity contribution >= 4 is 55.4 Å². The number of ether oxygens (including phenoxy) is 3. The Kier molecular flexibility index (Phi) is 12.9. The van der Waals surface area contributed by atoms with Crippen molar-refractivity contribution in [1.29, 1.82) is 0 Å². The van der Waals surface area contributed by atoms with E-state index < -0.39 is 49.0 Å². The van der Waals surface area contributed by atoms with E-state index in [4.69, 9.17) is 19.2 Å². The summed E-state index contributed by atoms with van der Waals surface area (Å²) < 4.78 is 64.3. The number of aryl methyl sites for hydroxylation is 1. The Morgan fingerprint density at radius 2 is 1.75 bits per heavy atom. The molecule has 72 heavy (non-hydrogen) atoms. The van der Waals surface area contributed by atoms with Crippen LogP contribution in [0.4, 0.5) is 32.8 Å². The lowest BCUT2D eigenvalue weighted by atomic mass is 9.59. The van der Waals surface area contributed by atoms with Crippen molar-refractivity contribution in [3.05, 3.63) is 106 Å². The smallest absolute Gasteiger partial charge is 0.293 e. The van der Waals surface area contributed by atoms with Gasteiger partial charge >= 0.3 is 0 Å². The molecule has 0 bridgehead atoms. The lowest BCUT2D eigenvalue weighted by Gasteiger charge is -2.57. The third kappa shape index (κ3) is 9.49. The van der Waals surface area contributed by atoms with Crippen molar-refractivity contribution in [1.82, 2.24) is 19.6 Å². The van der Waals surface area contributed by atoms with E-state index in [0.717, 1.165) is 76.5 Å². The molecule has 2 saturated carbocycles. The van der Waals surface area contributed by atoms with Crippen LogP contribution >= 0.6 is 0 Å². The molecule has 5 fully saturated rings. The Morgan fingerprint density at radius 1 is 0.972 bits per heavy atom. The molecule has 3 aromatic carbocycles. The van der Waals surface area contributed by atoms with Gasteiger partial charge in [-0.15, -0.1) is 0 Å². The molecule has 5 aromatic rings. The molecule has 4 N–H and O–H groups in total. The standard InChI is InChI=1S/C53H63FN8O9S/c1-33-5-3-4-6-39(33)47-31-70-22-20-60(47)37-26-53(27-37)16-18-59(19-17-53)36-7-9-40(44(23-36)61-30-35-13-21-69-32-48(35)71-51-46(61)25-41-42(54)29-56-49(41)57-51)50(63)58-72(67,68)38-8-10-43(45(24-38)62(65)66)55-28-34-11-14-52(2,64)15-12-34/h3-10,23-25,29,34-35,37,47-48,55,64H,11-22,26-28,30-32H2,1-2H3,(H,56,57)(H,58,63)/t34-,35-,47+,48+,52-/m1/s1. The average Bonchev–Trinajstić information content (AvgIpc) is 3.63. The van der Waals surface area contributed by atoms with E-state index in [9.17, 15) is 28.4 Å². The van der Waals surface area contributed by atoms with Crippen molar-refractivity contribution in [2.45, 2.75) is 100 Å². The summed E-state index contributed by atoms with van der Waals surface area (Å²) >= 11 is 0. The fourth-order valence-corrected chi connectivity index (χ4v) is 13.3. The maximum Gasteiger partial charge on any atom is 0.293 e. The van der Waals surface area contributed by atoms with Gasteiger partial charge in [-0.1, -0.05) is 24.3 Å². The number of benzene rings is 3. The van der Waals surface area contributed by atoms with Crippen LogP contribution in [-0.4, -0.2) is 116 Å². The second-order valence-electron chi connectivity index (χ2n) is 21.4. The van der Waals surface area contributed by atoms with E-state index in [1.807, 2.05) is 17.0 Å². The number of carbonyl (C=O) groups is 1. The number of piperidine rings is 1. The highest BCUT2D eigenvalue weighted by Gasteiger charge is 2.50. The minimum atomic E-state index is -4.67. The Hall–Kier alpha value is -5.86. The van der Waals surface area contributed by atoms with Crippen molar-refractivity contribution in [3.8, 4) is 5.88 Å². The molecular weight excluding hydrogens is 944 g/mol. The molecule has 4 aliphatic heterocycles. The van der Waals surface area contributed by atoms with Gasteiger partial charge in [0.05, 0.1) is 57.9 Å². The molecule has 2 aliphatic carbocycles. The largest absolute Gasteiger partial charge is 0.470 e. The number of morpholine rings is 1. The van der Waals surface area contributed by atoms with Crippen molar-refractivity contribution < 1.29 is 41.8 Å². The lowest BCUT2D eigenvalue weighted by Crippen LogP contribution is -2.57. The number of aromatic nitrogens is 2. The Morgan fingerprint density at radius 3 is 2.53 bits per heavy atom. The molecule has 19 heteroatoms. The SMILES string of the molecule is Cc1ccccc1[C@@H]1COCCN1C1CC2(CCN(c3ccc(C(=O)NS(=O)(=O)c4ccc(NC[C@H]5CC[C@](C)(O)CC5)c([N+](=O)[O-])c4)c(N4C[C@H]5CCOC[C@@H]5Oc5nc6[nH]cc(F)c6cc54)c3)CC2)C1. The molecule has 6 aliphatic rings. The number of aromatic amines is 1. The van der Waals surface area contributed by atoms with Gasteiger partial charge in [0.2, 0.25) is 5.88 Å². The number of rotatable bonds is 11. The normalized spacial score (nSPS) is 25.7. The van der Waals surface area contributed by atoms with Gasteiger partial charge in [0.25, 0.3) is 21.6 Å². The van der Waals surface area contributed by atoms with Crippen LogP contribution in [0.5, 0.6) is 5.88 Å². The average molecular weight is 1010 g/mol. The number of sulfonamides is 1. The van der Waals surface area contributed by atoms with E-state index in [0.29, 0.717) is 69.6 Å². The number of anilines is 4. The summed E-state index contributed by atoms with van der Waals surface area (Å²) in [7, 11) is -4.67. The van der Waals surface area contributed by atoms with Crippen LogP contribution in [0, 0.1) is 40.1 Å². The summed E-state index contributed by atoms with van der Waals surface area (Å²) in [5, 5.41) is 26.1. The second-order valence-corrected chi connectivity index (χ2v) is 23.0. The monoisotopic (exact) mass is 1010 g/mol. The molecule has 0 radical (unpaired) electrons. The number of nitro groups is 1. The van der Waals surface area contributed by atoms with Crippen molar-refractivity contribution in [2.24, 2.45) is 17.3 Å². The van der Waals surface area contributed by atoms with Crippen LogP contribution in [0.25, 0.3) is 11.0 Å². The van der Waals surface area contributed by atoms with Gasteiger partial charge in [-0.25, -0.2) is 17.5 Å². The number of amides is 1. The highest BCUT2D eigenvalue weighted by molar-refractivity contribution is 7.90. The molecule has 17 nitrogen and oxygen atoms in total. The minimum Gasteiger partial charge on any atom is -0.470 e. The van der Waals surface area contributed by atoms with E-state index in [-0.39, 0.29) is 51.5 Å². The fraction of sp³-hybridized carbons (Fsp3) is 0.509. The summed E-state index contributed by atoms with van der Waals surface area (Å²) in [6, 6.07) is 19.9. The maximum absolute atomic E-state index is 15.4. The molecular formula is C53H63FN8O9S. The van der Waals surface area contributed by atoms with Crippen LogP contribution in [0.15, 0.2) is 77.8 Å². The van der Waals surface area contributed by atoms with Gasteiger partial charge < -0.3 is 39.4 Å². The van der Waals surface area contributed by atoms with Crippen LogP contribution < -0.4 is 24.6 Å². The molecule has 1 amide bonds. The van der Waals surface area contributed by atoms with Gasteiger partial charge in [0.15, 0.2) is 0 Å². The Balaban J connectivity index is 0.878. The number of carbonyl (C=O) groups excluding carboxylic acids is 1. The number of nitrogens with zero attached hydrogens (tertiary/aromatic N) is 5. The zero-order chi connectivity index (χ0) is 49.9. The van der Waals surface area contributed by atoms with Gasteiger partial charge in [-0.05, 0) is 130 Å². The Labute approximate surface area is 418 Å². The summed E-state index contributed by atoms with van der Waals surface area (Å²) in [6.45, 7) is 9.40. The number of aliphatic hydroxyl groups is 1. The summed E-state index contributed by atoms with van der Waals surface area (Å²) in [6.07, 6.45) is 8.40. The quantitative estimate of drug-likeness (QED) is 0.0729. The lowest BCUT2D eigenvalue weighted by molar-refractivity contribution is -0.384. The molecule has 1 spiro atoms. The number of hydrogen-bond donors (Lipinski definition) is 4. The predicted molar refractivity (Wildman–Crippen MR) is 270 cm³/mol. The second kappa shape index (κ2) is 19.2. The zero-order valence-corrected chi connectivity index (χ0v) is 41.6. The van der Waals surface area contributed by atoms with Crippen LogP contribution in [0.3, 0.4) is 0 Å². The first-order valence-electron chi connectivity index (χ1n) is 25.4. The first kappa shape index (κ1) is 48.4. The molecule has 6 heterocycles. The highest BCUT2D eigenvalue weighted by Crippen LogP contribution is 2.53. The first-order chi connectivity index (χ1) is 34.6. The minimum absolute atomic E-state index is 0.0247. The molecule has 11 rings (SSSR count). The predicted octanol–water partition coefficient (Wildman–Crippen LogP) is 8.15. The van der Waals surface area contributed by atoms with E-state index in [1.54, 1.807) is 19.1 Å². The number of hydrogen-bond acceptors (Lipinski definition) is 14. The number of nitro benzene ring substituents is 1. The van der Waals surface area contributed by atoms with Crippen LogP contribution in [-0.2, 0) is 19.5 Å². The summed E-state index contributed by atoms with van der Waals surface area (Å²) in [5.41, 5.74) is 3.74. The first-order valence-corrected chi connectivity index (χ1v) is 26.9. The van der Waals surface area contributed by atoms with Crippen molar-refractivity contribution in [2.75, 3.05) is 74.3 Å². The molecule has 3 saturated heterocycles.